The molecule has 0 aliphatic carbocycles. The number of hydrogen-bond donors (Lipinski definition) is 1. The fourth-order valence-corrected chi connectivity index (χ4v) is 3.42. The van der Waals surface area contributed by atoms with Crippen molar-refractivity contribution in [3.8, 4) is 0 Å². The molecule has 2 aromatic carbocycles. The molecule has 0 saturated heterocycles. The summed E-state index contributed by atoms with van der Waals surface area (Å²) in [5.74, 6) is -1.88. The lowest BCUT2D eigenvalue weighted by atomic mass is 10.1. The molecule has 0 fully saturated rings. The summed E-state index contributed by atoms with van der Waals surface area (Å²) in [7, 11) is 0. The molecular formula is C22H15Cl2N3O5. The minimum absolute atomic E-state index is 0.0135. The number of esters is 1. The van der Waals surface area contributed by atoms with Crippen LogP contribution < -0.4 is 5.32 Å². The molecule has 2 heterocycles. The molecule has 10 heteroatoms. The van der Waals surface area contributed by atoms with Gasteiger partial charge >= 0.3 is 5.97 Å². The van der Waals surface area contributed by atoms with E-state index in [4.69, 9.17) is 32.4 Å². The van der Waals surface area contributed by atoms with Crippen LogP contribution in [0.2, 0.25) is 10.0 Å². The zero-order valence-electron chi connectivity index (χ0n) is 16.6. The lowest BCUT2D eigenvalue weighted by molar-refractivity contribution is 0.0526. The summed E-state index contributed by atoms with van der Waals surface area (Å²) in [5.41, 5.74) is 1.02. The van der Waals surface area contributed by atoms with Crippen LogP contribution in [-0.4, -0.2) is 35.6 Å². The van der Waals surface area contributed by atoms with Gasteiger partial charge < -0.3 is 14.5 Å². The molecule has 0 saturated carbocycles. The summed E-state index contributed by atoms with van der Waals surface area (Å²) in [6.45, 7) is 1.78. The van der Waals surface area contributed by atoms with Crippen molar-refractivity contribution in [3.05, 3.63) is 81.0 Å². The number of carbonyl (C=O) groups excluding carboxylic acids is 3. The highest BCUT2D eigenvalue weighted by Gasteiger charge is 2.35. The van der Waals surface area contributed by atoms with Crippen LogP contribution in [0.1, 0.15) is 43.8 Å². The number of hydrazone groups is 1. The van der Waals surface area contributed by atoms with Crippen molar-refractivity contribution < 1.29 is 23.5 Å². The van der Waals surface area contributed by atoms with E-state index in [-0.39, 0.29) is 40.0 Å². The quantitative estimate of drug-likeness (QED) is 0.303. The maximum absolute atomic E-state index is 12.5. The highest BCUT2D eigenvalue weighted by molar-refractivity contribution is 6.36. The molecule has 1 N–H and O–H groups in total. The number of nitrogens with zero attached hydrogens (tertiary/aromatic N) is 2. The Bertz CT molecular complexity index is 1220. The summed E-state index contributed by atoms with van der Waals surface area (Å²) in [6.07, 6.45) is 1.10. The highest BCUT2D eigenvalue weighted by Crippen LogP contribution is 2.34. The van der Waals surface area contributed by atoms with Crippen LogP contribution in [-0.2, 0) is 4.74 Å². The number of rotatable bonds is 6. The Morgan fingerprint density at radius 3 is 2.31 bits per heavy atom. The topological polar surface area (TPSA) is 101 Å². The zero-order valence-corrected chi connectivity index (χ0v) is 18.1. The first kappa shape index (κ1) is 21.6. The van der Waals surface area contributed by atoms with Gasteiger partial charge in [0.1, 0.15) is 10.6 Å². The lowest BCUT2D eigenvalue weighted by Crippen LogP contribution is -2.23. The number of imide groups is 1. The van der Waals surface area contributed by atoms with E-state index in [9.17, 15) is 14.4 Å². The van der Waals surface area contributed by atoms with E-state index in [1.807, 2.05) is 0 Å². The normalized spacial score (nSPS) is 13.0. The summed E-state index contributed by atoms with van der Waals surface area (Å²) in [5, 5.41) is 8.04. The smallest absolute Gasteiger partial charge is 0.345 e. The molecule has 4 rings (SSSR count). The second kappa shape index (κ2) is 8.86. The van der Waals surface area contributed by atoms with Gasteiger partial charge in [0.2, 0.25) is 5.88 Å². The van der Waals surface area contributed by atoms with Crippen molar-refractivity contribution in [2.45, 2.75) is 6.92 Å². The van der Waals surface area contributed by atoms with E-state index in [1.54, 1.807) is 43.3 Å². The van der Waals surface area contributed by atoms with Crippen LogP contribution in [0.4, 0.5) is 11.6 Å². The SMILES string of the molecule is CCOC(=O)c1c(Nc2ccc(Cl)cc2)oc(/C=N\N2C(=O)c3ccccc3C2=O)c1Cl. The third kappa shape index (κ3) is 3.98. The van der Waals surface area contributed by atoms with E-state index >= 15 is 0 Å². The predicted octanol–water partition coefficient (Wildman–Crippen LogP) is 5.14. The maximum atomic E-state index is 12.5. The average Bonchev–Trinajstić information content (AvgIpc) is 3.22. The Kier molecular flexibility index (Phi) is 5.98. The highest BCUT2D eigenvalue weighted by atomic mass is 35.5. The Hall–Kier alpha value is -3.62. The number of fused-ring (bicyclic) bond motifs is 1. The molecule has 1 aromatic heterocycles. The molecular weight excluding hydrogens is 457 g/mol. The maximum Gasteiger partial charge on any atom is 0.345 e. The molecule has 0 atom stereocenters. The molecule has 1 aliphatic rings. The van der Waals surface area contributed by atoms with Gasteiger partial charge in [-0.2, -0.15) is 10.1 Å². The monoisotopic (exact) mass is 471 g/mol. The van der Waals surface area contributed by atoms with Gasteiger partial charge in [-0.05, 0) is 43.3 Å². The second-order valence-electron chi connectivity index (χ2n) is 6.55. The minimum atomic E-state index is -0.710. The molecule has 0 unspecified atom stereocenters. The fourth-order valence-electron chi connectivity index (χ4n) is 3.04. The van der Waals surface area contributed by atoms with Crippen LogP contribution in [0.3, 0.4) is 0 Å². The zero-order chi connectivity index (χ0) is 22.8. The fraction of sp³-hybridized carbons (Fsp3) is 0.0909. The second-order valence-corrected chi connectivity index (χ2v) is 7.36. The molecule has 0 radical (unpaired) electrons. The molecule has 2 amide bonds. The molecule has 0 bridgehead atoms. The first-order valence-corrected chi connectivity index (χ1v) is 10.2. The number of furan rings is 1. The number of carbonyl (C=O) groups is 3. The third-order valence-electron chi connectivity index (χ3n) is 4.52. The van der Waals surface area contributed by atoms with E-state index < -0.39 is 17.8 Å². The number of anilines is 2. The van der Waals surface area contributed by atoms with E-state index in [0.29, 0.717) is 15.7 Å². The standard InChI is InChI=1S/C22H15Cl2N3O5/c1-2-31-22(30)17-18(24)16(32-19(17)26-13-9-7-12(23)8-10-13)11-25-27-20(28)14-5-3-4-6-15(14)21(27)29/h3-11,26H,2H2,1H3/b25-11-. The van der Waals surface area contributed by atoms with Crippen molar-refractivity contribution in [2.24, 2.45) is 5.10 Å². The Morgan fingerprint density at radius 2 is 1.72 bits per heavy atom. The Labute approximate surface area is 192 Å². The molecule has 32 heavy (non-hydrogen) atoms. The van der Waals surface area contributed by atoms with Crippen molar-refractivity contribution in [2.75, 3.05) is 11.9 Å². The van der Waals surface area contributed by atoms with Crippen LogP contribution >= 0.6 is 23.2 Å². The average molecular weight is 472 g/mol. The van der Waals surface area contributed by atoms with Gasteiger partial charge in [-0.3, -0.25) is 9.59 Å². The molecule has 0 spiro atoms. The van der Waals surface area contributed by atoms with Crippen LogP contribution in [0.15, 0.2) is 58.0 Å². The summed E-state index contributed by atoms with van der Waals surface area (Å²) >= 11 is 12.3. The lowest BCUT2D eigenvalue weighted by Gasteiger charge is -2.06. The van der Waals surface area contributed by atoms with Gasteiger partial charge in [-0.1, -0.05) is 35.3 Å². The van der Waals surface area contributed by atoms with Crippen LogP contribution in [0, 0.1) is 0 Å². The summed E-state index contributed by atoms with van der Waals surface area (Å²) in [4.78, 5) is 37.4. The van der Waals surface area contributed by atoms with E-state index in [2.05, 4.69) is 10.4 Å². The van der Waals surface area contributed by atoms with Crippen molar-refractivity contribution in [3.63, 3.8) is 0 Å². The number of ether oxygens (including phenoxy) is 1. The largest absolute Gasteiger partial charge is 0.462 e. The van der Waals surface area contributed by atoms with Crippen molar-refractivity contribution in [1.29, 1.82) is 0 Å². The minimum Gasteiger partial charge on any atom is -0.462 e. The molecule has 8 nitrogen and oxygen atoms in total. The number of halogens is 2. The molecule has 1 aliphatic heterocycles. The summed E-state index contributed by atoms with van der Waals surface area (Å²) in [6, 6.07) is 13.1. The number of amides is 2. The third-order valence-corrected chi connectivity index (χ3v) is 5.15. The van der Waals surface area contributed by atoms with E-state index in [0.717, 1.165) is 6.21 Å². The number of nitrogens with one attached hydrogen (secondary N) is 1. The Morgan fingerprint density at radius 1 is 1.09 bits per heavy atom. The van der Waals surface area contributed by atoms with Gasteiger partial charge in [-0.25, -0.2) is 4.79 Å². The number of hydrogen-bond acceptors (Lipinski definition) is 7. The van der Waals surface area contributed by atoms with Crippen molar-refractivity contribution >= 4 is 58.8 Å². The van der Waals surface area contributed by atoms with Gasteiger partial charge in [0.25, 0.3) is 11.8 Å². The van der Waals surface area contributed by atoms with Gasteiger partial charge in [0.05, 0.1) is 23.9 Å². The van der Waals surface area contributed by atoms with Crippen LogP contribution in [0.25, 0.3) is 0 Å². The molecule has 162 valence electrons. The first-order valence-electron chi connectivity index (χ1n) is 9.44. The first-order chi connectivity index (χ1) is 15.4. The Balaban J connectivity index is 1.67. The van der Waals surface area contributed by atoms with Crippen molar-refractivity contribution in [1.82, 2.24) is 5.01 Å². The van der Waals surface area contributed by atoms with Gasteiger partial charge in [0.15, 0.2) is 5.76 Å². The van der Waals surface area contributed by atoms with Crippen LogP contribution in [0.5, 0.6) is 0 Å². The molecule has 3 aromatic rings. The predicted molar refractivity (Wildman–Crippen MR) is 119 cm³/mol. The van der Waals surface area contributed by atoms with Gasteiger partial charge in [0, 0.05) is 10.7 Å². The summed E-state index contributed by atoms with van der Waals surface area (Å²) < 4.78 is 10.7. The van der Waals surface area contributed by atoms with E-state index in [1.165, 1.54) is 12.1 Å². The van der Waals surface area contributed by atoms with Gasteiger partial charge in [-0.15, -0.1) is 0 Å². The number of benzene rings is 2.